The summed E-state index contributed by atoms with van der Waals surface area (Å²) in [5.74, 6) is -8.02. The van der Waals surface area contributed by atoms with Crippen molar-refractivity contribution >= 4 is 41.0 Å². The summed E-state index contributed by atoms with van der Waals surface area (Å²) in [4.78, 5) is 55.3. The summed E-state index contributed by atoms with van der Waals surface area (Å²) in [5.41, 5.74) is 6.09. The fourth-order valence-electron chi connectivity index (χ4n) is 5.49. The van der Waals surface area contributed by atoms with Crippen LogP contribution in [-0.4, -0.2) is 93.2 Å². The van der Waals surface area contributed by atoms with Crippen molar-refractivity contribution in [3.8, 4) is 17.0 Å². The number of carboxylic acid groups (broad SMARTS) is 1. The molecule has 3 amide bonds. The summed E-state index contributed by atoms with van der Waals surface area (Å²) in [6, 6.07) is 6.27. The average Bonchev–Trinajstić information content (AvgIpc) is 3.68. The minimum Gasteiger partial charge on any atom is -0.475 e. The predicted octanol–water partition coefficient (Wildman–Crippen LogP) is 4.92. The highest BCUT2D eigenvalue weighted by Gasteiger charge is 2.38. The fraction of sp³-hybridized carbons (Fsp3) is 0.387. The van der Waals surface area contributed by atoms with Crippen molar-refractivity contribution in [2.75, 3.05) is 31.5 Å². The van der Waals surface area contributed by atoms with E-state index in [2.05, 4.69) is 15.0 Å². The number of carboxylic acids is 1. The zero-order valence-electron chi connectivity index (χ0n) is 26.5. The van der Waals surface area contributed by atoms with Crippen molar-refractivity contribution in [1.29, 1.82) is 0 Å². The first-order chi connectivity index (χ1) is 23.9. The molecule has 3 heterocycles. The number of nitrogens with one attached hydrogen (secondary N) is 1. The third-order valence-electron chi connectivity index (χ3n) is 8.10. The normalized spacial score (nSPS) is 16.5. The maximum absolute atomic E-state index is 14.6. The van der Waals surface area contributed by atoms with Gasteiger partial charge < -0.3 is 35.3 Å². The maximum atomic E-state index is 14.6. The molecule has 3 aromatic rings. The van der Waals surface area contributed by atoms with Crippen LogP contribution in [-0.2, 0) is 16.6 Å². The summed E-state index contributed by atoms with van der Waals surface area (Å²) >= 11 is 6.42. The van der Waals surface area contributed by atoms with Crippen molar-refractivity contribution < 1.29 is 59.8 Å². The summed E-state index contributed by atoms with van der Waals surface area (Å²) in [6.45, 7) is -1.31. The molecule has 2 aliphatic heterocycles. The Morgan fingerprint density at radius 1 is 1.02 bits per heavy atom. The second kappa shape index (κ2) is 16.0. The lowest BCUT2D eigenvalue weighted by Crippen LogP contribution is -2.44. The number of nitrogens with zero attached hydrogens (tertiary/aromatic N) is 4. The van der Waals surface area contributed by atoms with Gasteiger partial charge in [-0.3, -0.25) is 14.4 Å². The van der Waals surface area contributed by atoms with Gasteiger partial charge in [0.2, 0.25) is 11.7 Å². The first-order valence-electron chi connectivity index (χ1n) is 15.1. The average molecular weight is 751 g/mol. The molecule has 12 nitrogen and oxygen atoms in total. The number of halogens is 8. The van der Waals surface area contributed by atoms with E-state index < -0.39 is 42.0 Å². The van der Waals surface area contributed by atoms with Gasteiger partial charge in [0, 0.05) is 56.4 Å². The van der Waals surface area contributed by atoms with Crippen LogP contribution in [0.15, 0.2) is 36.5 Å². The van der Waals surface area contributed by atoms with Gasteiger partial charge >= 0.3 is 18.8 Å². The standard InChI is InChI=1S/C29H29ClF4N6O4.C2HF3O2/c1-38-21(19-4-5-22(44-29(33)34)24(32)23(19)31)13-36-25(38)26(41)37-17-2-3-18(20(30)12-17)28(43)39-9-6-15(7-10-39)27(42)40-11-8-16(35)14-40;3-2(4,5)1(6)7/h2-5,12-13,15-16,29H,6-11,14,35H2,1H3,(H,37,41);(H,6,7)/t16-;/m1./s1. The van der Waals surface area contributed by atoms with Crippen molar-refractivity contribution in [3.63, 3.8) is 0 Å². The van der Waals surface area contributed by atoms with Crippen LogP contribution in [0, 0.1) is 17.6 Å². The second-order valence-corrected chi connectivity index (χ2v) is 11.9. The van der Waals surface area contributed by atoms with Gasteiger partial charge in [0.15, 0.2) is 17.4 Å². The number of anilines is 1. The van der Waals surface area contributed by atoms with Crippen LogP contribution < -0.4 is 15.8 Å². The fourth-order valence-corrected chi connectivity index (χ4v) is 5.75. The molecule has 0 saturated carbocycles. The first kappa shape index (κ1) is 38.9. The Bertz CT molecular complexity index is 1800. The van der Waals surface area contributed by atoms with E-state index in [1.807, 2.05) is 0 Å². The Kier molecular flexibility index (Phi) is 12.2. The number of carbonyl (C=O) groups excluding carboxylic acids is 3. The maximum Gasteiger partial charge on any atom is 0.490 e. The zero-order valence-corrected chi connectivity index (χ0v) is 27.3. The van der Waals surface area contributed by atoms with Gasteiger partial charge in [0.25, 0.3) is 11.8 Å². The number of aromatic nitrogens is 2. The minimum atomic E-state index is -5.08. The van der Waals surface area contributed by atoms with Gasteiger partial charge in [-0.15, -0.1) is 0 Å². The molecule has 5 rings (SSSR count). The lowest BCUT2D eigenvalue weighted by Gasteiger charge is -2.33. The molecule has 0 unspecified atom stereocenters. The quantitative estimate of drug-likeness (QED) is 0.287. The van der Waals surface area contributed by atoms with E-state index in [0.29, 0.717) is 39.0 Å². The number of imidazole rings is 1. The number of ether oxygens (including phenoxy) is 1. The second-order valence-electron chi connectivity index (χ2n) is 11.5. The van der Waals surface area contributed by atoms with Gasteiger partial charge in [-0.2, -0.15) is 26.3 Å². The highest BCUT2D eigenvalue weighted by Crippen LogP contribution is 2.31. The first-order valence-corrected chi connectivity index (χ1v) is 15.5. The highest BCUT2D eigenvalue weighted by molar-refractivity contribution is 6.34. The predicted molar refractivity (Wildman–Crippen MR) is 166 cm³/mol. The van der Waals surface area contributed by atoms with E-state index in [1.165, 1.54) is 29.8 Å². The molecule has 0 radical (unpaired) electrons. The number of hydrogen-bond acceptors (Lipinski definition) is 7. The topological polar surface area (TPSA) is 160 Å². The molecule has 4 N–H and O–H groups in total. The van der Waals surface area contributed by atoms with Gasteiger partial charge in [-0.1, -0.05) is 11.6 Å². The molecule has 2 fully saturated rings. The monoisotopic (exact) mass is 750 g/mol. The summed E-state index contributed by atoms with van der Waals surface area (Å²) in [6.07, 6.45) is -2.08. The van der Waals surface area contributed by atoms with Gasteiger partial charge in [0.05, 0.1) is 22.5 Å². The largest absolute Gasteiger partial charge is 0.490 e. The summed E-state index contributed by atoms with van der Waals surface area (Å²) < 4.78 is 90.7. The van der Waals surface area contributed by atoms with Crippen LogP contribution in [0.4, 0.5) is 36.4 Å². The molecule has 276 valence electrons. The molecule has 2 aliphatic rings. The molecule has 0 spiro atoms. The third kappa shape index (κ3) is 9.26. The number of carbonyl (C=O) groups is 4. The molecule has 0 bridgehead atoms. The molecular formula is C31H30ClF7N6O6. The number of alkyl halides is 5. The smallest absolute Gasteiger partial charge is 0.475 e. The molecule has 1 atom stereocenters. The lowest BCUT2D eigenvalue weighted by molar-refractivity contribution is -0.192. The number of hydrogen-bond donors (Lipinski definition) is 3. The van der Waals surface area contributed by atoms with Crippen LogP contribution in [0.1, 0.15) is 40.2 Å². The SMILES string of the molecule is Cn1c(-c2ccc(OC(F)F)c(F)c2F)cnc1C(=O)Nc1ccc(C(=O)N2CCC(C(=O)N3CC[C@@H](N)C3)CC2)c(Cl)c1.O=C(O)C(F)(F)F. The Labute approximate surface area is 289 Å². The molecule has 20 heteroatoms. The summed E-state index contributed by atoms with van der Waals surface area (Å²) in [7, 11) is 1.39. The van der Waals surface area contributed by atoms with Crippen LogP contribution in [0.25, 0.3) is 11.3 Å². The number of benzene rings is 2. The Hall–Kier alpha value is -4.91. The van der Waals surface area contributed by atoms with Gasteiger partial charge in [0.1, 0.15) is 0 Å². The van der Waals surface area contributed by atoms with Crippen molar-refractivity contribution in [2.45, 2.75) is 38.1 Å². The molecule has 51 heavy (non-hydrogen) atoms. The van der Waals surface area contributed by atoms with Crippen LogP contribution in [0.5, 0.6) is 5.75 Å². The van der Waals surface area contributed by atoms with Crippen LogP contribution in [0.3, 0.4) is 0 Å². The molecule has 1 aromatic heterocycles. The minimum absolute atomic E-state index is 0.00333. The van der Waals surface area contributed by atoms with E-state index in [9.17, 15) is 45.1 Å². The third-order valence-corrected chi connectivity index (χ3v) is 8.41. The number of rotatable bonds is 7. The van der Waals surface area contributed by atoms with Crippen molar-refractivity contribution in [2.24, 2.45) is 18.7 Å². The van der Waals surface area contributed by atoms with Crippen molar-refractivity contribution in [3.05, 3.63) is 64.6 Å². The molecular weight excluding hydrogens is 721 g/mol. The van der Waals surface area contributed by atoms with E-state index in [0.717, 1.165) is 24.8 Å². The van der Waals surface area contributed by atoms with E-state index in [4.69, 9.17) is 27.2 Å². The number of nitrogens with two attached hydrogens (primary N) is 1. The Balaban J connectivity index is 0.000000755. The van der Waals surface area contributed by atoms with Gasteiger partial charge in [-0.25, -0.2) is 14.2 Å². The lowest BCUT2D eigenvalue weighted by atomic mass is 9.95. The van der Waals surface area contributed by atoms with Crippen molar-refractivity contribution in [1.82, 2.24) is 19.4 Å². The van der Waals surface area contributed by atoms with E-state index in [-0.39, 0.29) is 57.1 Å². The van der Waals surface area contributed by atoms with Crippen LogP contribution >= 0.6 is 11.6 Å². The Morgan fingerprint density at radius 3 is 2.20 bits per heavy atom. The molecule has 2 saturated heterocycles. The molecule has 2 aromatic carbocycles. The van der Waals surface area contributed by atoms with E-state index >= 15 is 0 Å². The zero-order chi connectivity index (χ0) is 37.8. The van der Waals surface area contributed by atoms with Crippen LogP contribution in [0.2, 0.25) is 5.02 Å². The highest BCUT2D eigenvalue weighted by atomic mass is 35.5. The number of aliphatic carboxylic acids is 1. The number of piperidine rings is 1. The molecule has 0 aliphatic carbocycles. The van der Waals surface area contributed by atoms with Gasteiger partial charge in [-0.05, 0) is 49.6 Å². The number of amides is 3. The Morgan fingerprint density at radius 2 is 1.65 bits per heavy atom. The summed E-state index contributed by atoms with van der Waals surface area (Å²) in [5, 5.41) is 9.82. The number of likely N-dealkylation sites (tertiary alicyclic amines) is 2. The van der Waals surface area contributed by atoms with E-state index in [1.54, 1.807) is 9.80 Å².